The number of hydrogen-bond donors (Lipinski definition) is 0. The normalized spacial score (nSPS) is 15.8. The Balaban J connectivity index is 1.93. The summed E-state index contributed by atoms with van der Waals surface area (Å²) in [4.78, 5) is 12.8. The van der Waals surface area contributed by atoms with Gasteiger partial charge in [-0.2, -0.15) is 0 Å². The molecule has 1 aromatic carbocycles. The number of oxime groups is 1. The Hall–Kier alpha value is -2.51. The highest BCUT2D eigenvalue weighted by Crippen LogP contribution is 2.26. The molecular formula is C15H15N3O4. The van der Waals surface area contributed by atoms with Gasteiger partial charge < -0.3 is 19.0 Å². The quantitative estimate of drug-likeness (QED) is 0.621. The highest BCUT2D eigenvalue weighted by Gasteiger charge is 2.27. The van der Waals surface area contributed by atoms with Crippen molar-refractivity contribution in [3.8, 4) is 11.6 Å². The van der Waals surface area contributed by atoms with Crippen molar-refractivity contribution >= 4 is 5.71 Å². The Labute approximate surface area is 127 Å². The molecule has 7 heteroatoms. The van der Waals surface area contributed by atoms with Crippen LogP contribution in [0, 0.1) is 0 Å². The van der Waals surface area contributed by atoms with E-state index < -0.39 is 6.29 Å². The standard InChI is InChI=1S/C15H15N3O4/c1-19-18-14(15-20-8-9-21-15)11-4-2-3-5-12(11)22-13-6-7-16-10-17-13/h2-7,10,15H,8-9H2,1H3/b18-14+. The van der Waals surface area contributed by atoms with Gasteiger partial charge in [0, 0.05) is 17.8 Å². The van der Waals surface area contributed by atoms with Crippen molar-refractivity contribution in [3.63, 3.8) is 0 Å². The molecule has 114 valence electrons. The van der Waals surface area contributed by atoms with E-state index in [1.807, 2.05) is 24.3 Å². The van der Waals surface area contributed by atoms with Gasteiger partial charge in [0.25, 0.3) is 0 Å². The number of rotatable bonds is 5. The average molecular weight is 301 g/mol. The fraction of sp³-hybridized carbons (Fsp3) is 0.267. The third-order valence-electron chi connectivity index (χ3n) is 2.97. The lowest BCUT2D eigenvalue weighted by Gasteiger charge is -2.15. The number of nitrogens with zero attached hydrogens (tertiary/aromatic N) is 3. The minimum absolute atomic E-state index is 0.437. The molecule has 0 aliphatic carbocycles. The van der Waals surface area contributed by atoms with Gasteiger partial charge in [0.05, 0.1) is 13.2 Å². The first-order valence-corrected chi connectivity index (χ1v) is 6.76. The SMILES string of the molecule is CO/N=C(\c1ccccc1Oc1ccncn1)C1OCCO1. The highest BCUT2D eigenvalue weighted by atomic mass is 16.7. The maximum atomic E-state index is 5.80. The fourth-order valence-electron chi connectivity index (χ4n) is 2.05. The van der Waals surface area contributed by atoms with E-state index in [0.717, 1.165) is 5.56 Å². The lowest BCUT2D eigenvalue weighted by Crippen LogP contribution is -2.23. The maximum absolute atomic E-state index is 5.80. The van der Waals surface area contributed by atoms with E-state index in [1.165, 1.54) is 13.4 Å². The lowest BCUT2D eigenvalue weighted by atomic mass is 10.1. The van der Waals surface area contributed by atoms with Crippen LogP contribution in [0.4, 0.5) is 0 Å². The molecule has 0 radical (unpaired) electrons. The molecule has 0 bridgehead atoms. The van der Waals surface area contributed by atoms with Crippen molar-refractivity contribution in [1.29, 1.82) is 0 Å². The molecule has 0 unspecified atom stereocenters. The van der Waals surface area contributed by atoms with E-state index >= 15 is 0 Å². The van der Waals surface area contributed by atoms with Gasteiger partial charge in [-0.3, -0.25) is 0 Å². The zero-order valence-electron chi connectivity index (χ0n) is 12.0. The molecule has 1 aliphatic rings. The summed E-state index contributed by atoms with van der Waals surface area (Å²) in [5.41, 5.74) is 1.24. The molecule has 0 atom stereocenters. The topological polar surface area (TPSA) is 75.1 Å². The molecule has 2 heterocycles. The van der Waals surface area contributed by atoms with E-state index in [4.69, 9.17) is 19.0 Å². The Morgan fingerprint density at radius 1 is 1.23 bits per heavy atom. The maximum Gasteiger partial charge on any atom is 0.222 e. The molecule has 2 aromatic rings. The van der Waals surface area contributed by atoms with E-state index in [0.29, 0.717) is 30.6 Å². The Morgan fingerprint density at radius 2 is 2.05 bits per heavy atom. The van der Waals surface area contributed by atoms with Crippen LogP contribution >= 0.6 is 0 Å². The van der Waals surface area contributed by atoms with Gasteiger partial charge in [-0.25, -0.2) is 9.97 Å². The van der Waals surface area contributed by atoms with Crippen LogP contribution in [-0.2, 0) is 14.3 Å². The molecule has 0 N–H and O–H groups in total. The van der Waals surface area contributed by atoms with Gasteiger partial charge >= 0.3 is 0 Å². The van der Waals surface area contributed by atoms with Crippen molar-refractivity contribution in [2.75, 3.05) is 20.3 Å². The first kappa shape index (κ1) is 14.4. The van der Waals surface area contributed by atoms with Crippen molar-refractivity contribution in [1.82, 2.24) is 9.97 Å². The Bertz CT molecular complexity index is 642. The molecule has 0 saturated carbocycles. The molecule has 1 fully saturated rings. The zero-order chi connectivity index (χ0) is 15.2. The summed E-state index contributed by atoms with van der Waals surface area (Å²) in [6.45, 7) is 1.03. The summed E-state index contributed by atoms with van der Waals surface area (Å²) < 4.78 is 16.8. The minimum atomic E-state index is -0.574. The fourth-order valence-corrected chi connectivity index (χ4v) is 2.05. The van der Waals surface area contributed by atoms with Crippen molar-refractivity contribution in [3.05, 3.63) is 48.4 Å². The summed E-state index contributed by atoms with van der Waals surface area (Å²) in [5, 5.41) is 4.03. The van der Waals surface area contributed by atoms with Crippen LogP contribution in [0.25, 0.3) is 0 Å². The lowest BCUT2D eigenvalue weighted by molar-refractivity contribution is 0.0120. The van der Waals surface area contributed by atoms with Gasteiger partial charge in [0.1, 0.15) is 24.9 Å². The summed E-state index contributed by atoms with van der Waals surface area (Å²) in [6.07, 6.45) is 2.46. The number of aromatic nitrogens is 2. The van der Waals surface area contributed by atoms with Crippen LogP contribution in [0.5, 0.6) is 11.6 Å². The van der Waals surface area contributed by atoms with E-state index in [2.05, 4.69) is 15.1 Å². The molecule has 1 saturated heterocycles. The Morgan fingerprint density at radius 3 is 2.77 bits per heavy atom. The van der Waals surface area contributed by atoms with Gasteiger partial charge in [-0.15, -0.1) is 0 Å². The largest absolute Gasteiger partial charge is 0.438 e. The van der Waals surface area contributed by atoms with Crippen LogP contribution in [0.2, 0.25) is 0 Å². The molecule has 1 aromatic heterocycles. The Kier molecular flexibility index (Phi) is 4.57. The summed E-state index contributed by atoms with van der Waals surface area (Å²) in [5.74, 6) is 1.02. The van der Waals surface area contributed by atoms with Gasteiger partial charge in [-0.1, -0.05) is 17.3 Å². The summed E-state index contributed by atoms with van der Waals surface area (Å²) >= 11 is 0. The highest BCUT2D eigenvalue weighted by molar-refractivity contribution is 6.05. The van der Waals surface area contributed by atoms with Gasteiger partial charge in [0.15, 0.2) is 0 Å². The smallest absolute Gasteiger partial charge is 0.222 e. The average Bonchev–Trinajstić information content (AvgIpc) is 3.09. The van der Waals surface area contributed by atoms with Crippen molar-refractivity contribution < 1.29 is 19.0 Å². The van der Waals surface area contributed by atoms with Crippen LogP contribution in [-0.4, -0.2) is 42.3 Å². The number of hydrogen-bond acceptors (Lipinski definition) is 7. The predicted octanol–water partition coefficient (Wildman–Crippen LogP) is 1.99. The van der Waals surface area contributed by atoms with E-state index in [9.17, 15) is 0 Å². The minimum Gasteiger partial charge on any atom is -0.438 e. The third kappa shape index (κ3) is 3.21. The molecule has 1 aliphatic heterocycles. The second kappa shape index (κ2) is 6.97. The summed E-state index contributed by atoms with van der Waals surface area (Å²) in [6, 6.07) is 9.09. The molecule has 0 amide bonds. The second-order valence-electron chi connectivity index (χ2n) is 4.38. The third-order valence-corrected chi connectivity index (χ3v) is 2.97. The monoisotopic (exact) mass is 301 g/mol. The predicted molar refractivity (Wildman–Crippen MR) is 77.8 cm³/mol. The number of benzene rings is 1. The van der Waals surface area contributed by atoms with Crippen LogP contribution in [0.1, 0.15) is 5.56 Å². The number of para-hydroxylation sites is 1. The zero-order valence-corrected chi connectivity index (χ0v) is 12.0. The van der Waals surface area contributed by atoms with Crippen LogP contribution in [0.3, 0.4) is 0 Å². The van der Waals surface area contributed by atoms with Crippen molar-refractivity contribution in [2.45, 2.75) is 6.29 Å². The first-order valence-electron chi connectivity index (χ1n) is 6.76. The first-order chi connectivity index (χ1) is 10.9. The van der Waals surface area contributed by atoms with E-state index in [1.54, 1.807) is 12.3 Å². The molecule has 22 heavy (non-hydrogen) atoms. The molecule has 7 nitrogen and oxygen atoms in total. The van der Waals surface area contributed by atoms with Crippen LogP contribution < -0.4 is 4.74 Å². The van der Waals surface area contributed by atoms with Crippen LogP contribution in [0.15, 0.2) is 48.0 Å². The van der Waals surface area contributed by atoms with E-state index in [-0.39, 0.29) is 0 Å². The van der Waals surface area contributed by atoms with Crippen molar-refractivity contribution in [2.24, 2.45) is 5.16 Å². The number of ether oxygens (including phenoxy) is 3. The molecule has 3 rings (SSSR count). The summed E-state index contributed by atoms with van der Waals surface area (Å²) in [7, 11) is 1.48. The van der Waals surface area contributed by atoms with Gasteiger partial charge in [-0.05, 0) is 12.1 Å². The van der Waals surface area contributed by atoms with Gasteiger partial charge in [0.2, 0.25) is 12.2 Å². The second-order valence-corrected chi connectivity index (χ2v) is 4.38. The molecular weight excluding hydrogens is 286 g/mol. The molecule has 0 spiro atoms.